The zero-order chi connectivity index (χ0) is 19.6. The summed E-state index contributed by atoms with van der Waals surface area (Å²) in [6, 6.07) is 19.0. The number of hydrogen-bond donors (Lipinski definition) is 0. The molecule has 28 heavy (non-hydrogen) atoms. The number of sulfonamides is 1. The molecule has 0 atom stereocenters. The van der Waals surface area contributed by atoms with Crippen molar-refractivity contribution in [1.82, 2.24) is 5.16 Å². The normalized spacial score (nSPS) is 11.5. The number of para-hydroxylation sites is 1. The van der Waals surface area contributed by atoms with E-state index in [1.807, 2.05) is 17.5 Å². The fraction of sp³-hybridized carbons (Fsp3) is 0.0500. The van der Waals surface area contributed by atoms with Crippen LogP contribution in [0.2, 0.25) is 0 Å². The van der Waals surface area contributed by atoms with Crippen LogP contribution in [-0.2, 0) is 16.6 Å². The van der Waals surface area contributed by atoms with Crippen LogP contribution in [-0.4, -0.2) is 13.6 Å². The van der Waals surface area contributed by atoms with E-state index in [2.05, 4.69) is 5.16 Å². The lowest BCUT2D eigenvalue weighted by Gasteiger charge is -2.23. The van der Waals surface area contributed by atoms with Gasteiger partial charge in [-0.2, -0.15) is 0 Å². The predicted molar refractivity (Wildman–Crippen MR) is 106 cm³/mol. The quantitative estimate of drug-likeness (QED) is 0.448. The molecule has 0 fully saturated rings. The molecular formula is C20H15FN2O3S2. The van der Waals surface area contributed by atoms with Gasteiger partial charge in [0, 0.05) is 6.07 Å². The van der Waals surface area contributed by atoms with Crippen LogP contribution in [0.4, 0.5) is 10.1 Å². The fourth-order valence-corrected chi connectivity index (χ4v) is 4.82. The minimum atomic E-state index is -3.93. The lowest BCUT2D eigenvalue weighted by molar-refractivity contribution is 0.424. The molecule has 142 valence electrons. The Bertz CT molecular complexity index is 1160. The van der Waals surface area contributed by atoms with Crippen LogP contribution < -0.4 is 4.31 Å². The molecule has 0 bridgehead atoms. The van der Waals surface area contributed by atoms with Gasteiger partial charge in [0.2, 0.25) is 0 Å². The van der Waals surface area contributed by atoms with Gasteiger partial charge in [-0.05, 0) is 47.8 Å². The van der Waals surface area contributed by atoms with E-state index in [4.69, 9.17) is 4.52 Å². The molecule has 0 saturated heterocycles. The van der Waals surface area contributed by atoms with Gasteiger partial charge in [0.25, 0.3) is 10.0 Å². The molecule has 0 aliphatic heterocycles. The molecule has 2 aromatic carbocycles. The van der Waals surface area contributed by atoms with Gasteiger partial charge in [0.15, 0.2) is 5.76 Å². The van der Waals surface area contributed by atoms with E-state index < -0.39 is 15.8 Å². The Morgan fingerprint density at radius 1 is 1.00 bits per heavy atom. The first-order chi connectivity index (χ1) is 13.5. The van der Waals surface area contributed by atoms with Crippen LogP contribution in [0.25, 0.3) is 10.6 Å². The maximum absolute atomic E-state index is 13.3. The van der Waals surface area contributed by atoms with Gasteiger partial charge in [0.1, 0.15) is 11.5 Å². The van der Waals surface area contributed by atoms with Crippen molar-refractivity contribution >= 4 is 27.0 Å². The standard InChI is InChI=1S/C20H15FN2O3S2/c21-15-8-10-18(11-9-15)28(24,25)23(17-5-2-1-3-6-17)14-16-13-19(26-22-16)20-7-4-12-27-20/h1-13H,14H2. The Kier molecular flexibility index (Phi) is 4.97. The molecule has 0 spiro atoms. The third kappa shape index (κ3) is 3.69. The highest BCUT2D eigenvalue weighted by molar-refractivity contribution is 7.92. The SMILES string of the molecule is O=S(=O)(c1ccc(F)cc1)N(Cc1cc(-c2cccs2)on1)c1ccccc1. The lowest BCUT2D eigenvalue weighted by atomic mass is 10.3. The Morgan fingerprint density at radius 3 is 2.43 bits per heavy atom. The van der Waals surface area contributed by atoms with Gasteiger partial charge < -0.3 is 4.52 Å². The summed E-state index contributed by atoms with van der Waals surface area (Å²) in [7, 11) is -3.93. The Morgan fingerprint density at radius 2 is 1.75 bits per heavy atom. The van der Waals surface area contributed by atoms with E-state index in [9.17, 15) is 12.8 Å². The fourth-order valence-electron chi connectivity index (χ4n) is 2.71. The molecule has 5 nitrogen and oxygen atoms in total. The molecule has 8 heteroatoms. The van der Waals surface area contributed by atoms with Crippen LogP contribution in [0.3, 0.4) is 0 Å². The monoisotopic (exact) mass is 414 g/mol. The number of benzene rings is 2. The van der Waals surface area contributed by atoms with Crippen molar-refractivity contribution in [3.8, 4) is 10.6 Å². The highest BCUT2D eigenvalue weighted by Gasteiger charge is 2.26. The minimum absolute atomic E-state index is 0.000252. The molecule has 0 amide bonds. The number of hydrogen-bond acceptors (Lipinski definition) is 5. The second kappa shape index (κ2) is 7.57. The topological polar surface area (TPSA) is 63.4 Å². The summed E-state index contributed by atoms with van der Waals surface area (Å²) in [5, 5.41) is 5.95. The maximum atomic E-state index is 13.3. The van der Waals surface area contributed by atoms with Crippen LogP contribution in [0.5, 0.6) is 0 Å². The zero-order valence-electron chi connectivity index (χ0n) is 14.5. The van der Waals surface area contributed by atoms with E-state index in [-0.39, 0.29) is 11.4 Å². The van der Waals surface area contributed by atoms with Gasteiger partial charge in [-0.1, -0.05) is 29.4 Å². The van der Waals surface area contributed by atoms with E-state index in [1.54, 1.807) is 36.4 Å². The highest BCUT2D eigenvalue weighted by atomic mass is 32.2. The van der Waals surface area contributed by atoms with Crippen molar-refractivity contribution < 1.29 is 17.3 Å². The van der Waals surface area contributed by atoms with Crippen LogP contribution in [0, 0.1) is 5.82 Å². The first-order valence-corrected chi connectivity index (χ1v) is 10.7. The molecule has 0 aliphatic rings. The van der Waals surface area contributed by atoms with Gasteiger partial charge >= 0.3 is 0 Å². The summed E-state index contributed by atoms with van der Waals surface area (Å²) in [4.78, 5) is 0.908. The Hall–Kier alpha value is -2.97. The number of thiophene rings is 1. The first-order valence-electron chi connectivity index (χ1n) is 8.37. The maximum Gasteiger partial charge on any atom is 0.264 e. The summed E-state index contributed by atoms with van der Waals surface area (Å²) in [5.74, 6) is 0.0829. The Balaban J connectivity index is 1.71. The van der Waals surface area contributed by atoms with E-state index in [0.29, 0.717) is 17.1 Å². The summed E-state index contributed by atoms with van der Waals surface area (Å²) in [6.07, 6.45) is 0. The molecule has 0 radical (unpaired) electrons. The van der Waals surface area contributed by atoms with Gasteiger partial charge in [0.05, 0.1) is 22.0 Å². The summed E-state index contributed by atoms with van der Waals surface area (Å²) in [6.45, 7) is -0.0153. The smallest absolute Gasteiger partial charge is 0.264 e. The van der Waals surface area contributed by atoms with Crippen LogP contribution >= 0.6 is 11.3 Å². The number of anilines is 1. The number of rotatable bonds is 6. The second-order valence-corrected chi connectivity index (χ2v) is 8.77. The Labute approximate surface area is 165 Å². The average Bonchev–Trinajstić information content (AvgIpc) is 3.39. The van der Waals surface area contributed by atoms with Gasteiger partial charge in [-0.25, -0.2) is 12.8 Å². The predicted octanol–water partition coefficient (Wildman–Crippen LogP) is 4.94. The largest absolute Gasteiger partial charge is 0.355 e. The third-order valence-electron chi connectivity index (χ3n) is 4.07. The molecule has 2 heterocycles. The summed E-state index contributed by atoms with van der Waals surface area (Å²) < 4.78 is 46.3. The van der Waals surface area contributed by atoms with E-state index in [0.717, 1.165) is 17.0 Å². The van der Waals surface area contributed by atoms with Gasteiger partial charge in [-0.15, -0.1) is 11.3 Å². The first kappa shape index (κ1) is 18.4. The molecular weight excluding hydrogens is 399 g/mol. The molecule has 0 saturated carbocycles. The molecule has 4 aromatic rings. The van der Waals surface area contributed by atoms with E-state index >= 15 is 0 Å². The van der Waals surface area contributed by atoms with Crippen LogP contribution in [0.15, 0.2) is 87.6 Å². The minimum Gasteiger partial charge on any atom is -0.355 e. The molecule has 0 unspecified atom stereocenters. The molecule has 0 N–H and O–H groups in total. The van der Waals surface area contributed by atoms with Crippen molar-refractivity contribution in [3.63, 3.8) is 0 Å². The van der Waals surface area contributed by atoms with Crippen molar-refractivity contribution in [2.45, 2.75) is 11.4 Å². The third-order valence-corrected chi connectivity index (χ3v) is 6.75. The second-order valence-electron chi connectivity index (χ2n) is 5.96. The number of nitrogens with zero attached hydrogens (tertiary/aromatic N) is 2. The van der Waals surface area contributed by atoms with Crippen molar-refractivity contribution in [1.29, 1.82) is 0 Å². The van der Waals surface area contributed by atoms with E-state index in [1.165, 1.54) is 27.8 Å². The van der Waals surface area contributed by atoms with Crippen molar-refractivity contribution in [2.24, 2.45) is 0 Å². The molecule has 0 aliphatic carbocycles. The zero-order valence-corrected chi connectivity index (χ0v) is 16.2. The average molecular weight is 414 g/mol. The summed E-state index contributed by atoms with van der Waals surface area (Å²) >= 11 is 1.51. The van der Waals surface area contributed by atoms with Crippen molar-refractivity contribution in [2.75, 3.05) is 4.31 Å². The summed E-state index contributed by atoms with van der Waals surface area (Å²) in [5.41, 5.74) is 0.949. The number of halogens is 1. The van der Waals surface area contributed by atoms with Crippen molar-refractivity contribution in [3.05, 3.63) is 89.7 Å². The molecule has 2 aromatic heterocycles. The van der Waals surface area contributed by atoms with Gasteiger partial charge in [-0.3, -0.25) is 4.31 Å². The number of aromatic nitrogens is 1. The van der Waals surface area contributed by atoms with Crippen LogP contribution in [0.1, 0.15) is 5.69 Å². The molecule has 4 rings (SSSR count). The lowest BCUT2D eigenvalue weighted by Crippen LogP contribution is -2.30. The highest BCUT2D eigenvalue weighted by Crippen LogP contribution is 2.29.